The Morgan fingerprint density at radius 2 is 2.19 bits per heavy atom. The van der Waals surface area contributed by atoms with Crippen LogP contribution in [0.3, 0.4) is 0 Å². The summed E-state index contributed by atoms with van der Waals surface area (Å²) in [6, 6.07) is 0. The molecule has 2 fully saturated rings. The number of H-pyrrole nitrogens is 1. The molecular formula is C14H22N4O3. The first-order chi connectivity index (χ1) is 10.2. The fraction of sp³-hybridized carbons (Fsp3) is 0.714. The molecule has 1 aromatic rings. The van der Waals surface area contributed by atoms with Crippen LogP contribution in [0.1, 0.15) is 12.6 Å². The lowest BCUT2D eigenvalue weighted by Gasteiger charge is -2.42. The molecular weight excluding hydrogens is 272 g/mol. The molecule has 0 saturated carbocycles. The molecule has 0 spiro atoms. The molecule has 0 unspecified atom stereocenters. The molecule has 1 amide bonds. The zero-order chi connectivity index (χ0) is 14.7. The Bertz CT molecular complexity index is 473. The van der Waals surface area contributed by atoms with E-state index >= 15 is 0 Å². The van der Waals surface area contributed by atoms with Crippen LogP contribution in [0.15, 0.2) is 12.5 Å². The fourth-order valence-electron chi connectivity index (χ4n) is 2.93. The summed E-state index contributed by atoms with van der Waals surface area (Å²) in [6.07, 6.45) is 3.49. The van der Waals surface area contributed by atoms with Gasteiger partial charge in [0.25, 0.3) is 5.91 Å². The molecule has 0 aromatic carbocycles. The predicted molar refractivity (Wildman–Crippen MR) is 75.6 cm³/mol. The minimum Gasteiger partial charge on any atom is -0.378 e. The summed E-state index contributed by atoms with van der Waals surface area (Å²) >= 11 is 0. The van der Waals surface area contributed by atoms with Gasteiger partial charge in [0.2, 0.25) is 0 Å². The Morgan fingerprint density at radius 1 is 1.38 bits per heavy atom. The van der Waals surface area contributed by atoms with E-state index in [4.69, 9.17) is 9.47 Å². The number of nitrogens with one attached hydrogen (secondary N) is 1. The van der Waals surface area contributed by atoms with Gasteiger partial charge in [0, 0.05) is 44.6 Å². The molecule has 7 nitrogen and oxygen atoms in total. The van der Waals surface area contributed by atoms with E-state index in [0.29, 0.717) is 39.5 Å². The fourth-order valence-corrected chi connectivity index (χ4v) is 2.93. The number of amides is 1. The first-order valence-electron chi connectivity index (χ1n) is 7.38. The van der Waals surface area contributed by atoms with Gasteiger partial charge >= 0.3 is 0 Å². The molecule has 1 aromatic heterocycles. The molecule has 2 saturated heterocycles. The highest BCUT2D eigenvalue weighted by atomic mass is 16.5. The average Bonchev–Trinajstić information content (AvgIpc) is 3.00. The zero-order valence-corrected chi connectivity index (χ0v) is 12.4. The summed E-state index contributed by atoms with van der Waals surface area (Å²) in [4.78, 5) is 23.9. The van der Waals surface area contributed by atoms with Crippen molar-refractivity contribution in [2.75, 3.05) is 46.0 Å². The van der Waals surface area contributed by atoms with Crippen LogP contribution >= 0.6 is 0 Å². The van der Waals surface area contributed by atoms with Crippen LogP contribution in [-0.2, 0) is 20.8 Å². The lowest BCUT2D eigenvalue weighted by molar-refractivity contribution is -0.171. The van der Waals surface area contributed by atoms with E-state index in [0.717, 1.165) is 18.8 Å². The van der Waals surface area contributed by atoms with Crippen LogP contribution in [0.5, 0.6) is 0 Å². The topological polar surface area (TPSA) is 70.7 Å². The van der Waals surface area contributed by atoms with Gasteiger partial charge in [-0.2, -0.15) is 0 Å². The number of hydrogen-bond acceptors (Lipinski definition) is 5. The Hall–Kier alpha value is -1.44. The van der Waals surface area contributed by atoms with Crippen LogP contribution in [0.25, 0.3) is 0 Å². The van der Waals surface area contributed by atoms with Crippen molar-refractivity contribution >= 4 is 5.91 Å². The second kappa shape index (κ2) is 6.13. The number of ether oxygens (including phenoxy) is 2. The van der Waals surface area contributed by atoms with E-state index < -0.39 is 5.60 Å². The molecule has 3 rings (SSSR count). The molecule has 2 aliphatic rings. The highest BCUT2D eigenvalue weighted by molar-refractivity contribution is 5.85. The smallest absolute Gasteiger partial charge is 0.256 e. The maximum atomic E-state index is 12.7. The van der Waals surface area contributed by atoms with E-state index in [1.807, 2.05) is 18.0 Å². The van der Waals surface area contributed by atoms with Crippen molar-refractivity contribution in [2.24, 2.45) is 0 Å². The highest BCUT2D eigenvalue weighted by Crippen LogP contribution is 2.22. The molecule has 7 heteroatoms. The van der Waals surface area contributed by atoms with Crippen molar-refractivity contribution in [1.82, 2.24) is 19.8 Å². The Labute approximate surface area is 124 Å². The second-order valence-electron chi connectivity index (χ2n) is 5.77. The van der Waals surface area contributed by atoms with Gasteiger partial charge in [-0.3, -0.25) is 9.69 Å². The summed E-state index contributed by atoms with van der Waals surface area (Å²) in [6.45, 7) is 7.17. The van der Waals surface area contributed by atoms with Crippen molar-refractivity contribution in [3.8, 4) is 0 Å². The standard InChI is InChI=1S/C14H22N4O3/c1-14(13(19)18-3-5-20-6-4-18)10-17(2-7-21-14)9-12-8-15-11-16-12/h8,11H,2-7,9-10H2,1H3,(H,15,16)/t14-/m1/s1. The Morgan fingerprint density at radius 3 is 2.90 bits per heavy atom. The third kappa shape index (κ3) is 3.25. The van der Waals surface area contributed by atoms with Gasteiger partial charge in [0.05, 0.1) is 26.1 Å². The van der Waals surface area contributed by atoms with Crippen LogP contribution in [0, 0.1) is 0 Å². The van der Waals surface area contributed by atoms with E-state index in [2.05, 4.69) is 14.9 Å². The summed E-state index contributed by atoms with van der Waals surface area (Å²) in [7, 11) is 0. The zero-order valence-electron chi connectivity index (χ0n) is 12.4. The van der Waals surface area contributed by atoms with Gasteiger partial charge in [-0.15, -0.1) is 0 Å². The first-order valence-corrected chi connectivity index (χ1v) is 7.38. The number of carbonyl (C=O) groups excluding carboxylic acids is 1. The number of rotatable bonds is 3. The van der Waals surface area contributed by atoms with Gasteiger partial charge in [0.15, 0.2) is 5.60 Å². The van der Waals surface area contributed by atoms with E-state index in [1.165, 1.54) is 0 Å². The first kappa shape index (κ1) is 14.5. The molecule has 2 aliphatic heterocycles. The molecule has 1 N–H and O–H groups in total. The Kier molecular flexibility index (Phi) is 4.23. The minimum absolute atomic E-state index is 0.0695. The summed E-state index contributed by atoms with van der Waals surface area (Å²) in [5.41, 5.74) is 0.286. The summed E-state index contributed by atoms with van der Waals surface area (Å²) in [5, 5.41) is 0. The number of aromatic amines is 1. The van der Waals surface area contributed by atoms with E-state index in [9.17, 15) is 4.79 Å². The summed E-state index contributed by atoms with van der Waals surface area (Å²) < 4.78 is 11.1. The number of hydrogen-bond donors (Lipinski definition) is 1. The number of morpholine rings is 2. The lowest BCUT2D eigenvalue weighted by atomic mass is 10.0. The minimum atomic E-state index is -0.768. The average molecular weight is 294 g/mol. The van der Waals surface area contributed by atoms with E-state index in [-0.39, 0.29) is 5.91 Å². The van der Waals surface area contributed by atoms with Gasteiger partial charge in [-0.05, 0) is 6.92 Å². The number of imidazole rings is 1. The van der Waals surface area contributed by atoms with Crippen molar-refractivity contribution in [1.29, 1.82) is 0 Å². The maximum Gasteiger partial charge on any atom is 0.256 e. The molecule has 116 valence electrons. The van der Waals surface area contributed by atoms with Crippen molar-refractivity contribution in [2.45, 2.75) is 19.1 Å². The molecule has 3 heterocycles. The normalized spacial score (nSPS) is 27.8. The van der Waals surface area contributed by atoms with E-state index in [1.54, 1.807) is 6.33 Å². The molecule has 1 atom stereocenters. The third-order valence-electron chi connectivity index (χ3n) is 4.05. The van der Waals surface area contributed by atoms with Gasteiger partial charge in [-0.1, -0.05) is 0 Å². The van der Waals surface area contributed by atoms with Crippen LogP contribution in [0.2, 0.25) is 0 Å². The van der Waals surface area contributed by atoms with Gasteiger partial charge in [-0.25, -0.2) is 4.98 Å². The van der Waals surface area contributed by atoms with Crippen LogP contribution < -0.4 is 0 Å². The maximum absolute atomic E-state index is 12.7. The van der Waals surface area contributed by atoms with Crippen molar-refractivity contribution < 1.29 is 14.3 Å². The molecule has 0 bridgehead atoms. The van der Waals surface area contributed by atoms with Crippen molar-refractivity contribution in [3.05, 3.63) is 18.2 Å². The van der Waals surface area contributed by atoms with Crippen LogP contribution in [0.4, 0.5) is 0 Å². The SMILES string of the molecule is C[C@]1(C(=O)N2CCOCC2)CN(Cc2cnc[nH]2)CCO1. The number of nitrogens with zero attached hydrogens (tertiary/aromatic N) is 3. The molecule has 0 radical (unpaired) electrons. The van der Waals surface area contributed by atoms with Gasteiger partial charge < -0.3 is 19.4 Å². The van der Waals surface area contributed by atoms with Gasteiger partial charge in [0.1, 0.15) is 0 Å². The second-order valence-corrected chi connectivity index (χ2v) is 5.77. The molecule has 21 heavy (non-hydrogen) atoms. The lowest BCUT2D eigenvalue weighted by Crippen LogP contribution is -2.60. The number of aromatic nitrogens is 2. The highest BCUT2D eigenvalue weighted by Gasteiger charge is 2.42. The monoisotopic (exact) mass is 294 g/mol. The van der Waals surface area contributed by atoms with Crippen molar-refractivity contribution in [3.63, 3.8) is 0 Å². The molecule has 0 aliphatic carbocycles. The Balaban J connectivity index is 1.64. The van der Waals surface area contributed by atoms with Crippen LogP contribution in [-0.4, -0.2) is 77.3 Å². The largest absolute Gasteiger partial charge is 0.378 e. The predicted octanol–water partition coefficient (Wildman–Crippen LogP) is -0.141. The third-order valence-corrected chi connectivity index (χ3v) is 4.05. The number of carbonyl (C=O) groups is 1. The summed E-state index contributed by atoms with van der Waals surface area (Å²) in [5.74, 6) is 0.0695. The quantitative estimate of drug-likeness (QED) is 0.840.